The van der Waals surface area contributed by atoms with Crippen molar-refractivity contribution >= 4 is 10.8 Å². The van der Waals surface area contributed by atoms with Gasteiger partial charge in [0, 0.05) is 18.5 Å². The molecule has 3 aromatic rings. The maximum atomic E-state index is 5.91. The molecule has 0 aliphatic rings. The number of oxazole rings is 1. The Kier molecular flexibility index (Phi) is 4.31. The smallest absolute Gasteiger partial charge is 0.196 e. The highest BCUT2D eigenvalue weighted by atomic mass is 16.4. The molecule has 0 aliphatic carbocycles. The predicted molar refractivity (Wildman–Crippen MR) is 86.3 cm³/mol. The summed E-state index contributed by atoms with van der Waals surface area (Å²) in [5.41, 5.74) is 1.10. The van der Waals surface area contributed by atoms with E-state index in [0.717, 1.165) is 43.1 Å². The lowest BCUT2D eigenvalue weighted by atomic mass is 10.0. The highest BCUT2D eigenvalue weighted by Crippen LogP contribution is 2.28. The second-order valence-corrected chi connectivity index (χ2v) is 5.14. The van der Waals surface area contributed by atoms with Crippen LogP contribution in [0.15, 0.2) is 53.1 Å². The number of fused-ring (bicyclic) bond motifs is 1. The highest BCUT2D eigenvalue weighted by molar-refractivity contribution is 5.95. The molecule has 0 unspecified atom stereocenters. The van der Waals surface area contributed by atoms with Crippen LogP contribution in [0.2, 0.25) is 0 Å². The number of aromatic nitrogens is 1. The van der Waals surface area contributed by atoms with E-state index >= 15 is 0 Å². The number of nitrogens with one attached hydrogen (secondary N) is 1. The Bertz CT molecular complexity index is 713. The Balaban J connectivity index is 1.81. The normalized spacial score (nSPS) is 11.1. The molecule has 0 aliphatic heterocycles. The van der Waals surface area contributed by atoms with Crippen molar-refractivity contribution in [1.82, 2.24) is 10.3 Å². The maximum Gasteiger partial charge on any atom is 0.196 e. The van der Waals surface area contributed by atoms with Gasteiger partial charge in [0.25, 0.3) is 0 Å². The molecule has 1 N–H and O–H groups in total. The van der Waals surface area contributed by atoms with Crippen LogP contribution >= 0.6 is 0 Å². The summed E-state index contributed by atoms with van der Waals surface area (Å²) in [6.07, 6.45) is 3.80. The van der Waals surface area contributed by atoms with Crippen LogP contribution < -0.4 is 5.32 Å². The molecule has 0 bridgehead atoms. The van der Waals surface area contributed by atoms with Crippen molar-refractivity contribution in [2.75, 3.05) is 13.1 Å². The average molecular weight is 280 g/mol. The predicted octanol–water partition coefficient (Wildman–Crippen LogP) is 4.04. The van der Waals surface area contributed by atoms with Gasteiger partial charge >= 0.3 is 0 Å². The minimum atomic E-state index is 0.793. The second-order valence-electron chi connectivity index (χ2n) is 5.14. The molecule has 0 amide bonds. The van der Waals surface area contributed by atoms with Gasteiger partial charge in [0.1, 0.15) is 0 Å². The van der Waals surface area contributed by atoms with Crippen molar-refractivity contribution in [3.05, 3.63) is 54.6 Å². The van der Waals surface area contributed by atoms with Crippen molar-refractivity contribution in [3.63, 3.8) is 0 Å². The molecule has 0 atom stereocenters. The molecule has 2 aromatic carbocycles. The van der Waals surface area contributed by atoms with E-state index < -0.39 is 0 Å². The van der Waals surface area contributed by atoms with Gasteiger partial charge in [-0.2, -0.15) is 0 Å². The van der Waals surface area contributed by atoms with E-state index in [0.29, 0.717) is 0 Å². The molecule has 0 saturated carbocycles. The summed E-state index contributed by atoms with van der Waals surface area (Å²) >= 11 is 0. The van der Waals surface area contributed by atoms with Crippen LogP contribution in [0.25, 0.3) is 22.1 Å². The molecule has 21 heavy (non-hydrogen) atoms. The average Bonchev–Trinajstić information content (AvgIpc) is 3.00. The quantitative estimate of drug-likeness (QED) is 0.693. The lowest BCUT2D eigenvalue weighted by Crippen LogP contribution is -2.17. The lowest BCUT2D eigenvalue weighted by Gasteiger charge is -2.03. The third kappa shape index (κ3) is 3.14. The molecule has 108 valence electrons. The van der Waals surface area contributed by atoms with Crippen molar-refractivity contribution in [1.29, 1.82) is 0 Å². The Morgan fingerprint density at radius 1 is 1.05 bits per heavy atom. The van der Waals surface area contributed by atoms with Crippen LogP contribution in [-0.2, 0) is 6.42 Å². The maximum absolute atomic E-state index is 5.91. The Hall–Kier alpha value is -2.13. The first-order valence-electron chi connectivity index (χ1n) is 7.52. The van der Waals surface area contributed by atoms with Crippen LogP contribution in [0.1, 0.15) is 19.2 Å². The molecule has 0 fully saturated rings. The van der Waals surface area contributed by atoms with E-state index in [4.69, 9.17) is 4.42 Å². The first-order valence-corrected chi connectivity index (χ1v) is 7.52. The fourth-order valence-electron chi connectivity index (χ4n) is 2.49. The molecule has 3 rings (SSSR count). The first kappa shape index (κ1) is 13.8. The van der Waals surface area contributed by atoms with Gasteiger partial charge in [0.15, 0.2) is 11.7 Å². The van der Waals surface area contributed by atoms with E-state index in [1.165, 1.54) is 10.8 Å². The fourth-order valence-corrected chi connectivity index (χ4v) is 2.49. The van der Waals surface area contributed by atoms with Crippen LogP contribution in [0.3, 0.4) is 0 Å². The zero-order valence-electron chi connectivity index (χ0n) is 12.3. The fraction of sp³-hybridized carbons (Fsp3) is 0.278. The molecule has 3 nitrogen and oxygen atoms in total. The molecule has 3 heteroatoms. The minimum absolute atomic E-state index is 0.793. The minimum Gasteiger partial charge on any atom is -0.441 e. The van der Waals surface area contributed by atoms with Crippen molar-refractivity contribution in [2.24, 2.45) is 0 Å². The summed E-state index contributed by atoms with van der Waals surface area (Å²) in [5, 5.41) is 5.78. The van der Waals surface area contributed by atoms with Gasteiger partial charge < -0.3 is 9.73 Å². The summed E-state index contributed by atoms with van der Waals surface area (Å²) < 4.78 is 5.91. The Morgan fingerprint density at radius 2 is 1.90 bits per heavy atom. The monoisotopic (exact) mass is 280 g/mol. The molecule has 0 spiro atoms. The Morgan fingerprint density at radius 3 is 2.81 bits per heavy atom. The zero-order chi connectivity index (χ0) is 14.5. The van der Waals surface area contributed by atoms with Gasteiger partial charge in [-0.25, -0.2) is 4.98 Å². The van der Waals surface area contributed by atoms with E-state index in [-0.39, 0.29) is 0 Å². The van der Waals surface area contributed by atoms with Crippen LogP contribution in [0.4, 0.5) is 0 Å². The van der Waals surface area contributed by atoms with E-state index in [2.05, 4.69) is 59.7 Å². The van der Waals surface area contributed by atoms with Crippen molar-refractivity contribution in [3.8, 4) is 11.3 Å². The summed E-state index contributed by atoms with van der Waals surface area (Å²) in [7, 11) is 0. The number of hydrogen-bond donors (Lipinski definition) is 1. The summed E-state index contributed by atoms with van der Waals surface area (Å²) in [4.78, 5) is 4.39. The number of hydrogen-bond acceptors (Lipinski definition) is 3. The molecule has 1 aromatic heterocycles. The van der Waals surface area contributed by atoms with Gasteiger partial charge in [-0.05, 0) is 23.7 Å². The molecule has 1 heterocycles. The third-order valence-corrected chi connectivity index (χ3v) is 3.55. The van der Waals surface area contributed by atoms with Gasteiger partial charge in [0.2, 0.25) is 0 Å². The summed E-state index contributed by atoms with van der Waals surface area (Å²) in [5.74, 6) is 1.64. The van der Waals surface area contributed by atoms with Crippen LogP contribution in [-0.4, -0.2) is 18.1 Å². The number of nitrogens with zero attached hydrogens (tertiary/aromatic N) is 1. The Labute approximate surface area is 125 Å². The molecule has 0 radical (unpaired) electrons. The molecule has 0 saturated heterocycles. The second kappa shape index (κ2) is 6.55. The standard InChI is InChI=1S/C18H20N2O/c1-2-11-19-12-10-18-20-13-17(21-18)16-9-5-7-14-6-3-4-8-15(14)16/h3-9,13,19H,2,10-12H2,1H3. The topological polar surface area (TPSA) is 38.1 Å². The third-order valence-electron chi connectivity index (χ3n) is 3.55. The van der Waals surface area contributed by atoms with Gasteiger partial charge in [-0.1, -0.05) is 49.4 Å². The SMILES string of the molecule is CCCNCCc1ncc(-c2cccc3ccccc23)o1. The van der Waals surface area contributed by atoms with Crippen LogP contribution in [0.5, 0.6) is 0 Å². The zero-order valence-corrected chi connectivity index (χ0v) is 12.3. The molecular weight excluding hydrogens is 260 g/mol. The van der Waals surface area contributed by atoms with E-state index in [1.807, 2.05) is 6.20 Å². The number of rotatable bonds is 6. The van der Waals surface area contributed by atoms with Crippen molar-refractivity contribution in [2.45, 2.75) is 19.8 Å². The summed E-state index contributed by atoms with van der Waals surface area (Å²) in [6, 6.07) is 14.6. The van der Waals surface area contributed by atoms with Crippen LogP contribution in [0, 0.1) is 0 Å². The summed E-state index contributed by atoms with van der Waals surface area (Å²) in [6.45, 7) is 4.11. The highest BCUT2D eigenvalue weighted by Gasteiger charge is 2.09. The van der Waals surface area contributed by atoms with Gasteiger partial charge in [-0.15, -0.1) is 0 Å². The largest absolute Gasteiger partial charge is 0.441 e. The van der Waals surface area contributed by atoms with E-state index in [9.17, 15) is 0 Å². The van der Waals surface area contributed by atoms with Gasteiger partial charge in [-0.3, -0.25) is 0 Å². The van der Waals surface area contributed by atoms with E-state index in [1.54, 1.807) is 0 Å². The van der Waals surface area contributed by atoms with Gasteiger partial charge in [0.05, 0.1) is 6.20 Å². The molecular formula is C18H20N2O. The van der Waals surface area contributed by atoms with Crippen molar-refractivity contribution < 1.29 is 4.42 Å². The number of benzene rings is 2. The first-order chi connectivity index (χ1) is 10.4. The lowest BCUT2D eigenvalue weighted by molar-refractivity contribution is 0.495.